The van der Waals surface area contributed by atoms with Gasteiger partial charge in [-0.3, -0.25) is 9.79 Å². The molecule has 1 saturated heterocycles. The van der Waals surface area contributed by atoms with E-state index in [2.05, 4.69) is 10.3 Å². The van der Waals surface area contributed by atoms with E-state index in [9.17, 15) is 13.2 Å². The lowest BCUT2D eigenvalue weighted by molar-refractivity contribution is -0.114. The summed E-state index contributed by atoms with van der Waals surface area (Å²) in [6.07, 6.45) is 0. The molecule has 0 unspecified atom stereocenters. The van der Waals surface area contributed by atoms with Crippen LogP contribution in [0.5, 0.6) is 0 Å². The fourth-order valence-electron chi connectivity index (χ4n) is 3.82. The molecule has 2 heterocycles. The maximum atomic E-state index is 13.0. The van der Waals surface area contributed by atoms with E-state index in [-0.39, 0.29) is 35.2 Å². The molecule has 6 nitrogen and oxygen atoms in total. The van der Waals surface area contributed by atoms with Crippen molar-refractivity contribution in [3.63, 3.8) is 0 Å². The van der Waals surface area contributed by atoms with E-state index in [4.69, 9.17) is 11.6 Å². The first-order valence-electron chi connectivity index (χ1n) is 9.97. The Hall–Kier alpha value is -2.03. The molecule has 0 aliphatic carbocycles. The van der Waals surface area contributed by atoms with Gasteiger partial charge in [0.05, 0.1) is 17.5 Å². The summed E-state index contributed by atoms with van der Waals surface area (Å²) in [5.41, 5.74) is 4.48. The monoisotopic (exact) mass is 477 g/mol. The smallest absolute Gasteiger partial charge is 0.244 e. The lowest BCUT2D eigenvalue weighted by atomic mass is 10.1. The van der Waals surface area contributed by atoms with E-state index < -0.39 is 9.84 Å². The number of hydrogen-bond donors (Lipinski definition) is 1. The molecule has 2 aromatic rings. The van der Waals surface area contributed by atoms with Crippen LogP contribution < -0.4 is 10.2 Å². The predicted octanol–water partition coefficient (Wildman–Crippen LogP) is 3.98. The van der Waals surface area contributed by atoms with Crippen LogP contribution in [0.4, 0.5) is 11.4 Å². The lowest BCUT2D eigenvalue weighted by Gasteiger charge is -2.25. The number of amidine groups is 1. The number of amides is 1. The van der Waals surface area contributed by atoms with Crippen molar-refractivity contribution in [3.8, 4) is 0 Å². The third-order valence-electron chi connectivity index (χ3n) is 5.55. The zero-order chi connectivity index (χ0) is 22.3. The maximum Gasteiger partial charge on any atom is 0.244 e. The molecule has 0 spiro atoms. The summed E-state index contributed by atoms with van der Waals surface area (Å²) in [6.45, 7) is 5.88. The topological polar surface area (TPSA) is 78.8 Å². The Bertz CT molecular complexity index is 1160. The fraction of sp³-hybridized carbons (Fsp3) is 0.364. The summed E-state index contributed by atoms with van der Waals surface area (Å²) >= 11 is 7.78. The number of carbonyl (C=O) groups is 1. The van der Waals surface area contributed by atoms with Crippen LogP contribution in [0.15, 0.2) is 41.4 Å². The number of nitrogens with zero attached hydrogens (tertiary/aromatic N) is 2. The van der Waals surface area contributed by atoms with Crippen molar-refractivity contribution in [2.75, 3.05) is 28.3 Å². The Balaban J connectivity index is 1.62. The molecule has 2 aromatic carbocycles. The van der Waals surface area contributed by atoms with Gasteiger partial charge in [-0.2, -0.15) is 0 Å². The Labute approximate surface area is 192 Å². The van der Waals surface area contributed by atoms with Gasteiger partial charge in [0.1, 0.15) is 6.54 Å². The largest absolute Gasteiger partial charge is 0.324 e. The van der Waals surface area contributed by atoms with Gasteiger partial charge in [-0.15, -0.1) is 0 Å². The quantitative estimate of drug-likeness (QED) is 0.720. The van der Waals surface area contributed by atoms with Crippen molar-refractivity contribution in [2.24, 2.45) is 4.99 Å². The number of thioether (sulfide) groups is 1. The normalized spacial score (nSPS) is 21.5. The number of rotatable bonds is 4. The number of halogens is 1. The zero-order valence-corrected chi connectivity index (χ0v) is 19.9. The Morgan fingerprint density at radius 3 is 2.52 bits per heavy atom. The number of aliphatic imine (C=N–C) groups is 1. The molecule has 0 bridgehead atoms. The van der Waals surface area contributed by atoms with E-state index in [0.717, 1.165) is 28.1 Å². The zero-order valence-electron chi connectivity index (χ0n) is 17.6. The molecule has 0 aromatic heterocycles. The molecular formula is C22H24ClN3O3S2. The number of carbonyl (C=O) groups excluding carboxylic acids is 1. The van der Waals surface area contributed by atoms with Crippen molar-refractivity contribution in [1.29, 1.82) is 0 Å². The number of para-hydroxylation sites is 1. The summed E-state index contributed by atoms with van der Waals surface area (Å²) in [5.74, 6) is -0.000367. The average molecular weight is 478 g/mol. The van der Waals surface area contributed by atoms with Crippen LogP contribution in [-0.2, 0) is 14.6 Å². The van der Waals surface area contributed by atoms with Gasteiger partial charge in [-0.1, -0.05) is 47.6 Å². The Morgan fingerprint density at radius 2 is 1.87 bits per heavy atom. The number of sulfone groups is 1. The summed E-state index contributed by atoms with van der Waals surface area (Å²) in [7, 11) is -3.05. The Morgan fingerprint density at radius 1 is 1.16 bits per heavy atom. The third kappa shape index (κ3) is 4.76. The van der Waals surface area contributed by atoms with Crippen LogP contribution in [0.25, 0.3) is 0 Å². The third-order valence-corrected chi connectivity index (χ3v) is 9.21. The van der Waals surface area contributed by atoms with Gasteiger partial charge in [0.15, 0.2) is 15.0 Å². The van der Waals surface area contributed by atoms with E-state index in [1.54, 1.807) is 0 Å². The number of nitrogens with one attached hydrogen (secondary N) is 1. The summed E-state index contributed by atoms with van der Waals surface area (Å²) < 4.78 is 23.9. The highest BCUT2D eigenvalue weighted by molar-refractivity contribution is 8.15. The number of anilines is 2. The van der Waals surface area contributed by atoms with E-state index in [1.807, 2.05) is 62.1 Å². The highest BCUT2D eigenvalue weighted by atomic mass is 35.5. The second-order valence-corrected chi connectivity index (χ2v) is 11.8. The van der Waals surface area contributed by atoms with Crippen LogP contribution >= 0.6 is 23.4 Å². The molecule has 0 saturated carbocycles. The number of benzene rings is 2. The van der Waals surface area contributed by atoms with Gasteiger partial charge in [-0.25, -0.2) is 8.42 Å². The van der Waals surface area contributed by atoms with Crippen LogP contribution in [0.3, 0.4) is 0 Å². The second-order valence-electron chi connectivity index (χ2n) is 8.05. The highest BCUT2D eigenvalue weighted by Crippen LogP contribution is 2.37. The van der Waals surface area contributed by atoms with Crippen molar-refractivity contribution < 1.29 is 13.2 Å². The number of aryl methyl sites for hydroxylation is 3. The van der Waals surface area contributed by atoms with Gasteiger partial charge in [0.2, 0.25) is 5.91 Å². The van der Waals surface area contributed by atoms with Crippen LogP contribution in [0.2, 0.25) is 5.02 Å². The van der Waals surface area contributed by atoms with Crippen LogP contribution in [0, 0.1) is 20.8 Å². The van der Waals surface area contributed by atoms with E-state index in [0.29, 0.717) is 10.2 Å². The van der Waals surface area contributed by atoms with Crippen molar-refractivity contribution in [1.82, 2.24) is 0 Å². The first-order chi connectivity index (χ1) is 14.6. The standard InChI is InChI=1S/C22H24ClN3O3S2/c1-13-7-8-16(9-17(13)23)26(22-24-18-11-31(28,29)12-19(18)30-22)10-20(27)25-21-14(2)5-4-6-15(21)3/h4-9,18-19H,10-12H2,1-3H3,(H,25,27)/t18-,19+/m0/s1. The van der Waals surface area contributed by atoms with Crippen molar-refractivity contribution in [2.45, 2.75) is 32.1 Å². The molecule has 9 heteroatoms. The summed E-state index contributed by atoms with van der Waals surface area (Å²) in [5, 5.41) is 4.17. The minimum atomic E-state index is -3.05. The van der Waals surface area contributed by atoms with Crippen molar-refractivity contribution in [3.05, 3.63) is 58.1 Å². The van der Waals surface area contributed by atoms with E-state index >= 15 is 0 Å². The molecule has 31 heavy (non-hydrogen) atoms. The molecule has 164 valence electrons. The molecule has 0 radical (unpaired) electrons. The van der Waals surface area contributed by atoms with Crippen LogP contribution in [0.1, 0.15) is 16.7 Å². The summed E-state index contributed by atoms with van der Waals surface area (Å²) in [4.78, 5) is 19.5. The SMILES string of the molecule is Cc1ccc(N(CC(=O)Nc2c(C)cccc2C)C2=N[C@H]3CS(=O)(=O)C[C@H]3S2)cc1Cl. The molecule has 4 rings (SSSR count). The van der Waals surface area contributed by atoms with Gasteiger partial charge in [0, 0.05) is 21.6 Å². The maximum absolute atomic E-state index is 13.0. The Kier molecular flexibility index (Phi) is 6.07. The first-order valence-corrected chi connectivity index (χ1v) is 13.1. The molecule has 2 aliphatic heterocycles. The molecule has 1 fully saturated rings. The van der Waals surface area contributed by atoms with Crippen LogP contribution in [-0.4, -0.2) is 48.8 Å². The predicted molar refractivity (Wildman–Crippen MR) is 129 cm³/mol. The van der Waals surface area contributed by atoms with Gasteiger partial charge in [0.25, 0.3) is 0 Å². The highest BCUT2D eigenvalue weighted by Gasteiger charge is 2.44. The second kappa shape index (κ2) is 8.48. The van der Waals surface area contributed by atoms with Gasteiger partial charge < -0.3 is 10.2 Å². The number of hydrogen-bond acceptors (Lipinski definition) is 6. The number of fused-ring (bicyclic) bond motifs is 1. The minimum Gasteiger partial charge on any atom is -0.324 e. The molecular weight excluding hydrogens is 454 g/mol. The molecule has 2 aliphatic rings. The summed E-state index contributed by atoms with van der Waals surface area (Å²) in [6, 6.07) is 11.2. The fourth-order valence-corrected chi connectivity index (χ4v) is 7.78. The van der Waals surface area contributed by atoms with Gasteiger partial charge >= 0.3 is 0 Å². The van der Waals surface area contributed by atoms with Crippen molar-refractivity contribution >= 4 is 55.6 Å². The molecule has 2 atom stereocenters. The lowest BCUT2D eigenvalue weighted by Crippen LogP contribution is -2.37. The molecule has 1 N–H and O–H groups in total. The van der Waals surface area contributed by atoms with E-state index in [1.165, 1.54) is 11.8 Å². The van der Waals surface area contributed by atoms with Gasteiger partial charge in [-0.05, 0) is 49.6 Å². The first kappa shape index (κ1) is 22.2. The minimum absolute atomic E-state index is 0.0468. The average Bonchev–Trinajstić information content (AvgIpc) is 3.18. The molecule has 1 amide bonds.